The highest BCUT2D eigenvalue weighted by Gasteiger charge is 2.19. The molecule has 4 heteroatoms. The van der Waals surface area contributed by atoms with E-state index in [1.54, 1.807) is 24.3 Å². The van der Waals surface area contributed by atoms with Gasteiger partial charge in [-0.3, -0.25) is 4.99 Å². The van der Waals surface area contributed by atoms with E-state index in [-0.39, 0.29) is 16.9 Å². The lowest BCUT2D eigenvalue weighted by atomic mass is 9.82. The van der Waals surface area contributed by atoms with Gasteiger partial charge in [0.15, 0.2) is 0 Å². The number of hydrogen-bond acceptors (Lipinski definition) is 4. The molecule has 0 aliphatic heterocycles. The Bertz CT molecular complexity index is 736. The second kappa shape index (κ2) is 7.39. The van der Waals surface area contributed by atoms with E-state index in [1.165, 1.54) is 6.21 Å². The largest absolute Gasteiger partial charge is 0.507 e. The number of rotatable bonds is 6. The van der Waals surface area contributed by atoms with Crippen LogP contribution in [0.2, 0.25) is 0 Å². The van der Waals surface area contributed by atoms with E-state index < -0.39 is 0 Å². The third-order valence-electron chi connectivity index (χ3n) is 4.32. The van der Waals surface area contributed by atoms with Crippen LogP contribution in [0.4, 0.5) is 5.69 Å². The van der Waals surface area contributed by atoms with Crippen LogP contribution in [-0.2, 0) is 5.41 Å². The Hall–Kier alpha value is -2.49. The first-order chi connectivity index (χ1) is 11.4. The van der Waals surface area contributed by atoms with E-state index in [2.05, 4.69) is 25.8 Å². The van der Waals surface area contributed by atoms with Crippen LogP contribution < -0.4 is 4.74 Å². The third kappa shape index (κ3) is 3.88. The van der Waals surface area contributed by atoms with Crippen molar-refractivity contribution in [2.24, 2.45) is 4.99 Å². The summed E-state index contributed by atoms with van der Waals surface area (Å²) >= 11 is 0. The van der Waals surface area contributed by atoms with Gasteiger partial charge >= 0.3 is 0 Å². The van der Waals surface area contributed by atoms with E-state index in [0.29, 0.717) is 23.6 Å². The molecule has 2 N–H and O–H groups in total. The predicted octanol–water partition coefficient (Wildman–Crippen LogP) is 4.93. The number of aromatic hydroxyl groups is 2. The Labute approximate surface area is 143 Å². The molecule has 0 bridgehead atoms. The molecular formula is C20H25NO3. The maximum Gasteiger partial charge on any atom is 0.141 e. The van der Waals surface area contributed by atoms with Gasteiger partial charge in [-0.05, 0) is 48.6 Å². The quantitative estimate of drug-likeness (QED) is 0.739. The summed E-state index contributed by atoms with van der Waals surface area (Å²) in [6.45, 7) is 8.82. The van der Waals surface area contributed by atoms with Crippen molar-refractivity contribution in [1.29, 1.82) is 0 Å². The van der Waals surface area contributed by atoms with Gasteiger partial charge in [-0.25, -0.2) is 0 Å². The summed E-state index contributed by atoms with van der Waals surface area (Å²) in [6, 6.07) is 10.5. The van der Waals surface area contributed by atoms with Crippen molar-refractivity contribution >= 4 is 11.9 Å². The van der Waals surface area contributed by atoms with Gasteiger partial charge < -0.3 is 14.9 Å². The SMILES string of the molecule is CCOc1cccc(O)c1C=Nc1cc(C(C)(C)CC)ccc1O. The lowest BCUT2D eigenvalue weighted by Crippen LogP contribution is -2.14. The van der Waals surface area contributed by atoms with Gasteiger partial charge in [0, 0.05) is 6.21 Å². The van der Waals surface area contributed by atoms with Crippen LogP contribution in [0.3, 0.4) is 0 Å². The lowest BCUT2D eigenvalue weighted by molar-refractivity contribution is 0.337. The van der Waals surface area contributed by atoms with Gasteiger partial charge in [0.25, 0.3) is 0 Å². The first-order valence-electron chi connectivity index (χ1n) is 8.21. The molecule has 0 aromatic heterocycles. The molecule has 0 radical (unpaired) electrons. The Balaban J connectivity index is 2.41. The smallest absolute Gasteiger partial charge is 0.141 e. The van der Waals surface area contributed by atoms with E-state index in [4.69, 9.17) is 4.74 Å². The highest BCUT2D eigenvalue weighted by Crippen LogP contribution is 2.35. The average Bonchev–Trinajstić information content (AvgIpc) is 2.56. The zero-order chi connectivity index (χ0) is 17.7. The van der Waals surface area contributed by atoms with Crippen LogP contribution in [-0.4, -0.2) is 23.0 Å². The molecule has 2 aromatic carbocycles. The first kappa shape index (κ1) is 17.9. The average molecular weight is 327 g/mol. The Morgan fingerprint density at radius 3 is 2.50 bits per heavy atom. The maximum absolute atomic E-state index is 10.1. The molecular weight excluding hydrogens is 302 g/mol. The second-order valence-corrected chi connectivity index (χ2v) is 6.32. The zero-order valence-corrected chi connectivity index (χ0v) is 14.7. The van der Waals surface area contributed by atoms with Crippen LogP contribution in [0, 0.1) is 0 Å². The van der Waals surface area contributed by atoms with Crippen molar-refractivity contribution in [1.82, 2.24) is 0 Å². The molecule has 0 atom stereocenters. The van der Waals surface area contributed by atoms with Crippen molar-refractivity contribution in [2.45, 2.75) is 39.5 Å². The number of phenols is 2. The monoisotopic (exact) mass is 327 g/mol. The van der Waals surface area contributed by atoms with Crippen molar-refractivity contribution in [3.8, 4) is 17.2 Å². The minimum Gasteiger partial charge on any atom is -0.507 e. The molecule has 0 fully saturated rings. The van der Waals surface area contributed by atoms with Gasteiger partial charge in [0.2, 0.25) is 0 Å². The first-order valence-corrected chi connectivity index (χ1v) is 8.21. The fourth-order valence-corrected chi connectivity index (χ4v) is 2.33. The van der Waals surface area contributed by atoms with Crippen LogP contribution in [0.15, 0.2) is 41.4 Å². The van der Waals surface area contributed by atoms with Gasteiger partial charge in [0.05, 0.1) is 12.2 Å². The number of ether oxygens (including phenoxy) is 1. The minimum atomic E-state index is 0.00331. The van der Waals surface area contributed by atoms with Gasteiger partial charge in [-0.2, -0.15) is 0 Å². The topological polar surface area (TPSA) is 62.0 Å². The molecule has 0 spiro atoms. The van der Waals surface area contributed by atoms with Gasteiger partial charge in [-0.1, -0.05) is 32.9 Å². The lowest BCUT2D eigenvalue weighted by Gasteiger charge is -2.23. The van der Waals surface area contributed by atoms with Crippen molar-refractivity contribution in [3.63, 3.8) is 0 Å². The summed E-state index contributed by atoms with van der Waals surface area (Å²) in [7, 11) is 0. The molecule has 0 saturated carbocycles. The molecule has 0 unspecified atom stereocenters. The predicted molar refractivity (Wildman–Crippen MR) is 98.0 cm³/mol. The number of nitrogens with zero attached hydrogens (tertiary/aromatic N) is 1. The van der Waals surface area contributed by atoms with Crippen molar-refractivity contribution in [3.05, 3.63) is 47.5 Å². The Morgan fingerprint density at radius 1 is 1.08 bits per heavy atom. The molecule has 2 aromatic rings. The van der Waals surface area contributed by atoms with Crippen LogP contribution in [0.1, 0.15) is 45.2 Å². The summed E-state index contributed by atoms with van der Waals surface area (Å²) in [5, 5.41) is 20.1. The highest BCUT2D eigenvalue weighted by molar-refractivity contribution is 5.89. The highest BCUT2D eigenvalue weighted by atomic mass is 16.5. The van der Waals surface area contributed by atoms with Gasteiger partial charge in [0.1, 0.15) is 22.9 Å². The number of benzene rings is 2. The molecule has 2 rings (SSSR count). The third-order valence-corrected chi connectivity index (χ3v) is 4.32. The van der Waals surface area contributed by atoms with Crippen molar-refractivity contribution in [2.75, 3.05) is 6.61 Å². The van der Waals surface area contributed by atoms with Crippen LogP contribution in [0.25, 0.3) is 0 Å². The molecule has 0 aliphatic carbocycles. The molecule has 128 valence electrons. The molecule has 4 nitrogen and oxygen atoms in total. The van der Waals surface area contributed by atoms with E-state index in [1.807, 2.05) is 19.1 Å². The number of aliphatic imine (C=N–C) groups is 1. The fraction of sp³-hybridized carbons (Fsp3) is 0.350. The molecule has 0 heterocycles. The maximum atomic E-state index is 10.1. The molecule has 0 amide bonds. The summed E-state index contributed by atoms with van der Waals surface area (Å²) in [6.07, 6.45) is 2.51. The van der Waals surface area contributed by atoms with Crippen molar-refractivity contribution < 1.29 is 14.9 Å². The Morgan fingerprint density at radius 2 is 1.83 bits per heavy atom. The standard InChI is InChI=1S/C20H25NO3/c1-5-20(3,4)14-10-11-18(23)16(12-14)21-13-15-17(22)8-7-9-19(15)24-6-2/h7-13,22-23H,5-6H2,1-4H3. The second-order valence-electron chi connectivity index (χ2n) is 6.32. The van der Waals surface area contributed by atoms with E-state index in [0.717, 1.165) is 12.0 Å². The van der Waals surface area contributed by atoms with Gasteiger partial charge in [-0.15, -0.1) is 0 Å². The summed E-state index contributed by atoms with van der Waals surface area (Å²) < 4.78 is 5.52. The van der Waals surface area contributed by atoms with E-state index >= 15 is 0 Å². The number of phenolic OH excluding ortho intramolecular Hbond substituents is 2. The van der Waals surface area contributed by atoms with Crippen LogP contribution in [0.5, 0.6) is 17.2 Å². The zero-order valence-electron chi connectivity index (χ0n) is 14.7. The Kier molecular flexibility index (Phi) is 5.50. The summed E-state index contributed by atoms with van der Waals surface area (Å²) in [5.41, 5.74) is 2.08. The van der Waals surface area contributed by atoms with Crippen LogP contribution >= 0.6 is 0 Å². The summed E-state index contributed by atoms with van der Waals surface area (Å²) in [4.78, 5) is 4.37. The minimum absolute atomic E-state index is 0.00331. The molecule has 0 aliphatic rings. The molecule has 0 saturated heterocycles. The normalized spacial score (nSPS) is 11.8. The fourth-order valence-electron chi connectivity index (χ4n) is 2.33. The number of hydrogen-bond donors (Lipinski definition) is 2. The van der Waals surface area contributed by atoms with E-state index in [9.17, 15) is 10.2 Å². The summed E-state index contributed by atoms with van der Waals surface area (Å²) in [5.74, 6) is 0.760. The molecule has 24 heavy (non-hydrogen) atoms.